The van der Waals surface area contributed by atoms with Gasteiger partial charge >= 0.3 is 6.16 Å². The zero-order valence-electron chi connectivity index (χ0n) is 18.6. The lowest BCUT2D eigenvalue weighted by Gasteiger charge is -2.23. The topological polar surface area (TPSA) is 71.8 Å². The smallest absolute Gasteiger partial charge is 0.449 e. The molecule has 0 bridgehead atoms. The van der Waals surface area contributed by atoms with Gasteiger partial charge in [0.2, 0.25) is 5.88 Å². The van der Waals surface area contributed by atoms with Crippen LogP contribution < -0.4 is 9.64 Å². The number of allylic oxidation sites excluding steroid dienone is 2. The van der Waals surface area contributed by atoms with E-state index in [2.05, 4.69) is 19.1 Å². The molecule has 2 heterocycles. The van der Waals surface area contributed by atoms with Crippen LogP contribution in [0.15, 0.2) is 60.7 Å². The number of nitrogens with zero attached hydrogens (tertiary/aromatic N) is 2. The molecule has 0 saturated heterocycles. The van der Waals surface area contributed by atoms with Crippen LogP contribution in [0.2, 0.25) is 0 Å². The number of para-hydroxylation sites is 1. The highest BCUT2D eigenvalue weighted by Crippen LogP contribution is 2.33. The number of fused-ring (bicyclic) bond motifs is 2. The number of amides is 1. The van der Waals surface area contributed by atoms with E-state index in [4.69, 9.17) is 9.84 Å². The van der Waals surface area contributed by atoms with Gasteiger partial charge in [-0.25, -0.2) is 4.79 Å². The highest BCUT2D eigenvalue weighted by molar-refractivity contribution is 6.06. The van der Waals surface area contributed by atoms with Crippen LogP contribution in [-0.4, -0.2) is 21.7 Å². The van der Waals surface area contributed by atoms with Gasteiger partial charge in [-0.3, -0.25) is 4.79 Å². The number of benzene rings is 2. The van der Waals surface area contributed by atoms with Gasteiger partial charge < -0.3 is 19.3 Å². The summed E-state index contributed by atoms with van der Waals surface area (Å²) in [5.74, 6) is 0.174. The quantitative estimate of drug-likeness (QED) is 0.504. The van der Waals surface area contributed by atoms with E-state index < -0.39 is 6.16 Å². The zero-order valence-corrected chi connectivity index (χ0v) is 18.6. The second-order valence-electron chi connectivity index (χ2n) is 8.64. The molecule has 0 fully saturated rings. The first-order chi connectivity index (χ1) is 16.0. The molecule has 168 valence electrons. The molecule has 33 heavy (non-hydrogen) atoms. The summed E-state index contributed by atoms with van der Waals surface area (Å²) >= 11 is 0. The summed E-state index contributed by atoms with van der Waals surface area (Å²) in [6.07, 6.45) is 5.63. The Morgan fingerprint density at radius 1 is 1.00 bits per heavy atom. The van der Waals surface area contributed by atoms with Gasteiger partial charge in [0.15, 0.2) is 0 Å². The molecule has 3 aromatic rings. The number of aryl methyl sites for hydroxylation is 1. The summed E-state index contributed by atoms with van der Waals surface area (Å²) in [6.45, 7) is 2.82. The third-order valence-corrected chi connectivity index (χ3v) is 6.51. The average molecular weight is 443 g/mol. The van der Waals surface area contributed by atoms with Crippen LogP contribution in [0.5, 0.6) is 5.88 Å². The van der Waals surface area contributed by atoms with Crippen molar-refractivity contribution in [3.63, 3.8) is 0 Å². The number of hydrogen-bond acceptors (Lipinski definition) is 3. The molecule has 1 aliphatic heterocycles. The second-order valence-corrected chi connectivity index (χ2v) is 8.64. The van der Waals surface area contributed by atoms with Gasteiger partial charge in [0, 0.05) is 23.0 Å². The molecule has 0 atom stereocenters. The maximum absolute atomic E-state index is 13.7. The van der Waals surface area contributed by atoms with Crippen molar-refractivity contribution in [3.05, 3.63) is 88.6 Å². The van der Waals surface area contributed by atoms with E-state index in [-0.39, 0.29) is 11.8 Å². The van der Waals surface area contributed by atoms with E-state index in [1.807, 2.05) is 47.0 Å². The van der Waals surface area contributed by atoms with E-state index in [9.17, 15) is 9.59 Å². The fourth-order valence-corrected chi connectivity index (χ4v) is 4.89. The average Bonchev–Trinajstić information content (AvgIpc) is 3.09. The molecule has 0 radical (unpaired) electrons. The minimum atomic E-state index is -1.36. The normalized spacial score (nSPS) is 15.2. The minimum absolute atomic E-state index is 0.0786. The monoisotopic (exact) mass is 442 g/mol. The van der Waals surface area contributed by atoms with Crippen LogP contribution >= 0.6 is 0 Å². The van der Waals surface area contributed by atoms with Gasteiger partial charge in [-0.2, -0.15) is 0 Å². The lowest BCUT2D eigenvalue weighted by atomic mass is 9.90. The van der Waals surface area contributed by atoms with Crippen molar-refractivity contribution in [2.75, 3.05) is 4.90 Å². The van der Waals surface area contributed by atoms with E-state index in [1.165, 1.54) is 24.0 Å². The molecule has 1 N–H and O–H groups in total. The Kier molecular flexibility index (Phi) is 5.50. The minimum Gasteiger partial charge on any atom is -0.449 e. The van der Waals surface area contributed by atoms with E-state index in [0.29, 0.717) is 18.7 Å². The van der Waals surface area contributed by atoms with E-state index in [1.54, 1.807) is 11.0 Å². The van der Waals surface area contributed by atoms with Gasteiger partial charge in [-0.1, -0.05) is 30.3 Å². The van der Waals surface area contributed by atoms with Gasteiger partial charge in [0.25, 0.3) is 5.91 Å². The van der Waals surface area contributed by atoms with Crippen molar-refractivity contribution in [2.45, 2.75) is 45.7 Å². The fraction of sp³-hybridized carbons (Fsp3) is 0.259. The Morgan fingerprint density at radius 3 is 2.61 bits per heavy atom. The lowest BCUT2D eigenvalue weighted by Crippen LogP contribution is -2.30. The first-order valence-electron chi connectivity index (χ1n) is 11.3. The summed E-state index contributed by atoms with van der Waals surface area (Å²) in [6, 6.07) is 17.2. The Balaban J connectivity index is 1.51. The molecule has 0 spiro atoms. The number of aromatic nitrogens is 1. The van der Waals surface area contributed by atoms with Gasteiger partial charge in [-0.05, 0) is 79.1 Å². The molecule has 1 amide bonds. The van der Waals surface area contributed by atoms with E-state index >= 15 is 0 Å². The Labute approximate surface area is 192 Å². The number of carbonyl (C=O) groups is 2. The fourth-order valence-electron chi connectivity index (χ4n) is 4.89. The number of ether oxygens (including phenoxy) is 1. The zero-order chi connectivity index (χ0) is 22.9. The molecule has 1 aliphatic carbocycles. The van der Waals surface area contributed by atoms with Crippen molar-refractivity contribution in [1.29, 1.82) is 0 Å². The van der Waals surface area contributed by atoms with Crippen LogP contribution in [0, 0.1) is 6.92 Å². The first-order valence-corrected chi connectivity index (χ1v) is 11.3. The van der Waals surface area contributed by atoms with Crippen LogP contribution in [0.4, 0.5) is 10.5 Å². The summed E-state index contributed by atoms with van der Waals surface area (Å²) in [5.41, 5.74) is 6.92. The van der Waals surface area contributed by atoms with Gasteiger partial charge in [0.1, 0.15) is 0 Å². The predicted molar refractivity (Wildman–Crippen MR) is 127 cm³/mol. The van der Waals surface area contributed by atoms with Crippen LogP contribution in [0.25, 0.3) is 5.57 Å². The largest absolute Gasteiger partial charge is 0.512 e. The molecular formula is C27H26N2O4. The standard InChI is InChI=1S/C27H26N2O4/c1-18-15-20(11-13-23(18)19-7-3-2-4-8-19)26(30)29-17-22-12-14-25(33-27(31)32)28(22)16-21-9-5-6-10-24(21)29/h5-7,9-15H,2-4,8,16-17H2,1H3,(H,31,32). The van der Waals surface area contributed by atoms with Crippen LogP contribution in [0.1, 0.15) is 58.4 Å². The predicted octanol–water partition coefficient (Wildman–Crippen LogP) is 6.02. The SMILES string of the molecule is Cc1cc(C(=O)N2Cc3ccc(OC(=O)O)n3Cc3ccccc32)ccc1C1=CCCCC1. The molecule has 2 aromatic carbocycles. The highest BCUT2D eigenvalue weighted by atomic mass is 16.7. The Morgan fingerprint density at radius 2 is 1.85 bits per heavy atom. The first kappa shape index (κ1) is 21.1. The molecule has 5 rings (SSSR count). The molecule has 0 saturated carbocycles. The van der Waals surface area contributed by atoms with Crippen molar-refractivity contribution >= 4 is 23.3 Å². The third-order valence-electron chi connectivity index (χ3n) is 6.51. The summed E-state index contributed by atoms with van der Waals surface area (Å²) in [5, 5.41) is 9.08. The van der Waals surface area contributed by atoms with Gasteiger partial charge in [0.05, 0.1) is 13.1 Å². The lowest BCUT2D eigenvalue weighted by molar-refractivity contribution is 0.0984. The molecule has 2 aliphatic rings. The number of rotatable bonds is 3. The third kappa shape index (κ3) is 4.04. The van der Waals surface area contributed by atoms with E-state index in [0.717, 1.165) is 35.3 Å². The van der Waals surface area contributed by atoms with Crippen molar-refractivity contribution in [2.24, 2.45) is 0 Å². The molecular weight excluding hydrogens is 416 g/mol. The summed E-state index contributed by atoms with van der Waals surface area (Å²) in [7, 11) is 0. The van der Waals surface area contributed by atoms with Crippen LogP contribution in [-0.2, 0) is 13.1 Å². The number of hydrogen-bond donors (Lipinski definition) is 1. The molecule has 0 unspecified atom stereocenters. The van der Waals surface area contributed by atoms with Crippen molar-refractivity contribution in [3.8, 4) is 5.88 Å². The summed E-state index contributed by atoms with van der Waals surface area (Å²) < 4.78 is 6.77. The number of anilines is 1. The number of carboxylic acid groups (broad SMARTS) is 1. The van der Waals surface area contributed by atoms with Gasteiger partial charge in [-0.15, -0.1) is 0 Å². The summed E-state index contributed by atoms with van der Waals surface area (Å²) in [4.78, 5) is 26.6. The Bertz CT molecular complexity index is 1270. The highest BCUT2D eigenvalue weighted by Gasteiger charge is 2.27. The van der Waals surface area contributed by atoms with Crippen LogP contribution in [0.3, 0.4) is 0 Å². The van der Waals surface area contributed by atoms with Crippen molar-refractivity contribution < 1.29 is 19.4 Å². The second kappa shape index (κ2) is 8.62. The molecule has 6 heteroatoms. The maximum Gasteiger partial charge on any atom is 0.512 e. The van der Waals surface area contributed by atoms with Crippen molar-refractivity contribution in [1.82, 2.24) is 4.57 Å². The molecule has 6 nitrogen and oxygen atoms in total. The Hall–Kier alpha value is -3.80. The maximum atomic E-state index is 13.7. The molecule has 1 aromatic heterocycles. The number of carbonyl (C=O) groups excluding carboxylic acids is 1.